The van der Waals surface area contributed by atoms with Crippen LogP contribution in [-0.4, -0.2) is 142 Å². The number of aliphatic hydroxyl groups is 5. The molecule has 17 atom stereocenters. The van der Waals surface area contributed by atoms with Crippen LogP contribution < -0.4 is 0 Å². The van der Waals surface area contributed by atoms with E-state index in [1.54, 1.807) is 34.6 Å². The summed E-state index contributed by atoms with van der Waals surface area (Å²) in [5, 5.41) is 56.1. The summed E-state index contributed by atoms with van der Waals surface area (Å²) in [5.41, 5.74) is -2.56. The van der Waals surface area contributed by atoms with Gasteiger partial charge in [-0.15, -0.1) is 0 Å². The van der Waals surface area contributed by atoms with Crippen molar-refractivity contribution in [2.24, 2.45) is 29.6 Å². The van der Waals surface area contributed by atoms with E-state index in [0.29, 0.717) is 6.42 Å². The third-order valence-electron chi connectivity index (χ3n) is 11.5. The molecule has 0 aromatic heterocycles. The minimum absolute atomic E-state index is 0.0000780. The number of ketones is 1. The van der Waals surface area contributed by atoms with Gasteiger partial charge in [0.1, 0.15) is 24.6 Å². The number of hydrogen-bond acceptors (Lipinski definition) is 13. The summed E-state index contributed by atoms with van der Waals surface area (Å²) in [6.07, 6.45) is -7.25. The number of hydrogen-bond donors (Lipinski definition) is 5. The lowest BCUT2D eigenvalue weighted by molar-refractivity contribution is -0.298. The van der Waals surface area contributed by atoms with Gasteiger partial charge in [-0.05, 0) is 79.8 Å². The normalized spacial score (nSPS) is 49.0. The first-order valence-corrected chi connectivity index (χ1v) is 17.5. The zero-order valence-electron chi connectivity index (χ0n) is 30.7. The second-order valence-corrected chi connectivity index (χ2v) is 15.6. The maximum absolute atomic E-state index is 13.6. The molecule has 3 aliphatic rings. The zero-order valence-corrected chi connectivity index (χ0v) is 30.7. The number of likely N-dealkylation sites (N-methyl/N-ethyl adjacent to an activating group) is 1. The minimum Gasteiger partial charge on any atom is -0.463 e. The highest BCUT2D eigenvalue weighted by molar-refractivity contribution is 5.83. The Kier molecular flexibility index (Phi) is 14.1. The molecule has 3 fully saturated rings. The standard InChI is InChI=1S/C35H63NO12/c1-17-14-34(7,43)23(13-26-30(40)24(36(9)10)12-18(2)46-26)19(3)31(48-27-15-35(8,44-11)32(41)22(6)47-27)21(5)33(42)45-16-25(37)29(39)20(4)28(17)38/h17-27,29-32,37,39-41,43H,12-16H2,1-11H3/t17-,18-,19-,20+,21-,22+,23-,24+,25-,26+,27+,29-,30-,31+,32+,34-,35-/m1/s1. The fraction of sp³-hybridized carbons (Fsp3) is 0.943. The quantitative estimate of drug-likeness (QED) is 0.252. The molecule has 0 saturated carbocycles. The number of methoxy groups -OCH3 is 1. The van der Waals surface area contributed by atoms with Crippen molar-refractivity contribution in [1.29, 1.82) is 0 Å². The molecule has 3 saturated heterocycles. The number of Topliss-reactive ketones (excluding diaryl/α,β-unsaturated/α-hetero) is 1. The molecule has 3 aliphatic heterocycles. The van der Waals surface area contributed by atoms with E-state index in [0.717, 1.165) is 0 Å². The van der Waals surface area contributed by atoms with Gasteiger partial charge < -0.3 is 54.1 Å². The SMILES string of the molecule is CO[C@]1(C)C[C@H](O[C@H]2[C@H](C)[C@@H](C[C@@H]3O[C@H](C)C[C@H](N(C)C)[C@H]3O)[C@](C)(O)C[C@@H](C)C(=O)[C@H](C)[C@@H](O)[C@H](O)COC(=O)[C@@H]2C)O[C@@H](C)[C@@H]1O. The Labute approximate surface area is 286 Å². The molecular weight excluding hydrogens is 626 g/mol. The number of esters is 1. The van der Waals surface area contributed by atoms with Crippen LogP contribution in [0.5, 0.6) is 0 Å². The molecule has 3 heterocycles. The van der Waals surface area contributed by atoms with Crippen LogP contribution >= 0.6 is 0 Å². The Morgan fingerprint density at radius 3 is 2.12 bits per heavy atom. The third kappa shape index (κ3) is 9.15. The van der Waals surface area contributed by atoms with Crippen LogP contribution in [0.3, 0.4) is 0 Å². The van der Waals surface area contributed by atoms with Gasteiger partial charge in [0, 0.05) is 31.4 Å². The van der Waals surface area contributed by atoms with Crippen molar-refractivity contribution in [3.8, 4) is 0 Å². The van der Waals surface area contributed by atoms with E-state index in [1.165, 1.54) is 14.0 Å². The lowest BCUT2D eigenvalue weighted by Crippen LogP contribution is -2.58. The highest BCUT2D eigenvalue weighted by Gasteiger charge is 2.51. The van der Waals surface area contributed by atoms with Crippen LogP contribution in [0.4, 0.5) is 0 Å². The van der Waals surface area contributed by atoms with Gasteiger partial charge in [0.2, 0.25) is 0 Å². The monoisotopic (exact) mass is 689 g/mol. The number of cyclic esters (lactones) is 1. The van der Waals surface area contributed by atoms with E-state index in [-0.39, 0.29) is 37.2 Å². The second-order valence-electron chi connectivity index (χ2n) is 15.6. The largest absolute Gasteiger partial charge is 0.463 e. The van der Waals surface area contributed by atoms with Crippen LogP contribution in [-0.2, 0) is 33.3 Å². The van der Waals surface area contributed by atoms with Gasteiger partial charge in [-0.3, -0.25) is 9.59 Å². The van der Waals surface area contributed by atoms with Crippen LogP contribution in [0.1, 0.15) is 81.1 Å². The van der Waals surface area contributed by atoms with Gasteiger partial charge in [-0.1, -0.05) is 20.8 Å². The molecule has 280 valence electrons. The van der Waals surface area contributed by atoms with E-state index >= 15 is 0 Å². The molecule has 0 radical (unpaired) electrons. The van der Waals surface area contributed by atoms with Crippen molar-refractivity contribution in [3.05, 3.63) is 0 Å². The number of nitrogens with zero attached hydrogens (tertiary/aromatic N) is 1. The lowest BCUT2D eigenvalue weighted by atomic mass is 9.67. The second kappa shape index (κ2) is 16.4. The van der Waals surface area contributed by atoms with Gasteiger partial charge in [0.05, 0.1) is 53.7 Å². The summed E-state index contributed by atoms with van der Waals surface area (Å²) < 4.78 is 30.2. The van der Waals surface area contributed by atoms with Crippen molar-refractivity contribution in [1.82, 2.24) is 4.90 Å². The van der Waals surface area contributed by atoms with Gasteiger partial charge in [0.25, 0.3) is 0 Å². The molecule has 0 aromatic rings. The Bertz CT molecular complexity index is 1070. The zero-order chi connectivity index (χ0) is 36.5. The summed E-state index contributed by atoms with van der Waals surface area (Å²) in [5.74, 6) is -5.01. The van der Waals surface area contributed by atoms with Crippen molar-refractivity contribution < 1.29 is 58.8 Å². The highest BCUT2D eigenvalue weighted by Crippen LogP contribution is 2.43. The molecule has 3 rings (SSSR count). The van der Waals surface area contributed by atoms with Crippen molar-refractivity contribution in [2.45, 2.75) is 153 Å². The minimum atomic E-state index is -1.55. The maximum atomic E-state index is 13.6. The smallest absolute Gasteiger partial charge is 0.311 e. The van der Waals surface area contributed by atoms with Gasteiger partial charge >= 0.3 is 5.97 Å². The van der Waals surface area contributed by atoms with E-state index in [2.05, 4.69) is 0 Å². The molecule has 0 unspecified atom stereocenters. The summed E-state index contributed by atoms with van der Waals surface area (Å²) in [6, 6.07) is -0.192. The molecule has 13 nitrogen and oxygen atoms in total. The molecule has 0 aromatic carbocycles. The van der Waals surface area contributed by atoms with E-state index in [4.69, 9.17) is 23.7 Å². The van der Waals surface area contributed by atoms with Crippen molar-refractivity contribution in [2.75, 3.05) is 27.8 Å². The number of carbonyl (C=O) groups is 2. The summed E-state index contributed by atoms with van der Waals surface area (Å²) in [7, 11) is 5.29. The first kappa shape index (κ1) is 41.2. The highest BCUT2D eigenvalue weighted by atomic mass is 16.7. The lowest BCUT2D eigenvalue weighted by Gasteiger charge is -2.49. The Morgan fingerprint density at radius 2 is 1.54 bits per heavy atom. The molecule has 48 heavy (non-hydrogen) atoms. The Balaban J connectivity index is 2.11. The van der Waals surface area contributed by atoms with E-state index in [9.17, 15) is 35.1 Å². The van der Waals surface area contributed by atoms with Crippen molar-refractivity contribution >= 4 is 11.8 Å². The average molecular weight is 690 g/mol. The van der Waals surface area contributed by atoms with Gasteiger partial charge in [-0.25, -0.2) is 0 Å². The Morgan fingerprint density at radius 1 is 0.917 bits per heavy atom. The van der Waals surface area contributed by atoms with Crippen LogP contribution in [0, 0.1) is 29.6 Å². The first-order chi connectivity index (χ1) is 22.1. The molecule has 0 spiro atoms. The summed E-state index contributed by atoms with van der Waals surface area (Å²) >= 11 is 0. The molecule has 0 bridgehead atoms. The van der Waals surface area contributed by atoms with Gasteiger partial charge in [0.15, 0.2) is 6.29 Å². The van der Waals surface area contributed by atoms with Crippen LogP contribution in [0.2, 0.25) is 0 Å². The first-order valence-electron chi connectivity index (χ1n) is 17.5. The summed E-state index contributed by atoms with van der Waals surface area (Å²) in [6.45, 7) is 13.2. The predicted octanol–water partition coefficient (Wildman–Crippen LogP) is 1.28. The fourth-order valence-electron chi connectivity index (χ4n) is 8.21. The average Bonchev–Trinajstić information content (AvgIpc) is 3.02. The maximum Gasteiger partial charge on any atom is 0.311 e. The number of carbonyl (C=O) groups excluding carboxylic acids is 2. The number of rotatable bonds is 6. The third-order valence-corrected chi connectivity index (χ3v) is 11.5. The topological polar surface area (TPSA) is 185 Å². The van der Waals surface area contributed by atoms with Crippen LogP contribution in [0.25, 0.3) is 0 Å². The van der Waals surface area contributed by atoms with Gasteiger partial charge in [-0.2, -0.15) is 0 Å². The number of ether oxygens (including phenoxy) is 5. The number of aliphatic hydroxyl groups excluding tert-OH is 4. The Hall–Kier alpha value is -1.26. The molecule has 13 heteroatoms. The van der Waals surface area contributed by atoms with Crippen molar-refractivity contribution in [3.63, 3.8) is 0 Å². The van der Waals surface area contributed by atoms with E-state index in [1.807, 2.05) is 32.8 Å². The fourth-order valence-corrected chi connectivity index (χ4v) is 8.21. The van der Waals surface area contributed by atoms with E-state index < -0.39 is 102 Å². The molecule has 0 aliphatic carbocycles. The molecule has 0 amide bonds. The predicted molar refractivity (Wildman–Crippen MR) is 176 cm³/mol. The molecular formula is C35H63NO12. The summed E-state index contributed by atoms with van der Waals surface area (Å²) in [4.78, 5) is 29.1. The molecule has 5 N–H and O–H groups in total. The van der Waals surface area contributed by atoms with Crippen LogP contribution in [0.15, 0.2) is 0 Å².